The predicted molar refractivity (Wildman–Crippen MR) is 45.2 cm³/mol. The van der Waals surface area contributed by atoms with Gasteiger partial charge in [-0.3, -0.25) is 0 Å². The molecule has 1 N–H and O–H groups in total. The Morgan fingerprint density at radius 3 is 3.00 bits per heavy atom. The Hall–Kier alpha value is -0.640. The summed E-state index contributed by atoms with van der Waals surface area (Å²) >= 11 is 1.69. The van der Waals surface area contributed by atoms with Gasteiger partial charge < -0.3 is 10.1 Å². The summed E-state index contributed by atoms with van der Waals surface area (Å²) in [6.07, 6.45) is 0. The molecule has 4 heteroatoms. The van der Waals surface area contributed by atoms with Crippen LogP contribution in [-0.2, 0) is 9.53 Å². The summed E-state index contributed by atoms with van der Waals surface area (Å²) in [6.45, 7) is 2.76. The number of methoxy groups -OCH3 is 1. The lowest BCUT2D eigenvalue weighted by molar-refractivity contribution is -0.136. The Bertz CT molecular complexity index is 201. The van der Waals surface area contributed by atoms with E-state index in [9.17, 15) is 4.79 Å². The van der Waals surface area contributed by atoms with Gasteiger partial charge in [0.25, 0.3) is 0 Å². The van der Waals surface area contributed by atoms with Gasteiger partial charge in [0, 0.05) is 17.2 Å². The number of thioether (sulfide) groups is 1. The Balaban J connectivity index is 2.74. The molecule has 62 valence electrons. The maximum Gasteiger partial charge on any atom is 0.354 e. The number of carbonyl (C=O) groups excluding carboxylic acids is 1. The smallest absolute Gasteiger partial charge is 0.354 e. The van der Waals surface area contributed by atoms with Gasteiger partial charge in [-0.2, -0.15) is 0 Å². The second-order valence-electron chi connectivity index (χ2n) is 2.20. The number of hydrogen-bond acceptors (Lipinski definition) is 4. The van der Waals surface area contributed by atoms with E-state index < -0.39 is 0 Å². The normalized spacial score (nSPS) is 17.6. The summed E-state index contributed by atoms with van der Waals surface area (Å²) in [5.74, 6) is 0.751. The van der Waals surface area contributed by atoms with Crippen molar-refractivity contribution in [1.82, 2.24) is 5.32 Å². The molecule has 1 rings (SSSR count). The highest BCUT2D eigenvalue weighted by atomic mass is 32.2. The molecule has 0 radical (unpaired) electrons. The van der Waals surface area contributed by atoms with Crippen LogP contribution in [-0.4, -0.2) is 25.4 Å². The van der Waals surface area contributed by atoms with Crippen LogP contribution in [0.1, 0.15) is 6.92 Å². The first-order valence-corrected chi connectivity index (χ1v) is 4.40. The van der Waals surface area contributed by atoms with Gasteiger partial charge in [-0.25, -0.2) is 4.79 Å². The van der Waals surface area contributed by atoms with E-state index in [-0.39, 0.29) is 5.97 Å². The molecular weight excluding hydrogens is 162 g/mol. The van der Waals surface area contributed by atoms with Gasteiger partial charge in [0.1, 0.15) is 5.70 Å². The van der Waals surface area contributed by atoms with E-state index in [0.29, 0.717) is 5.70 Å². The molecule has 3 nitrogen and oxygen atoms in total. The number of allylic oxidation sites excluding steroid dienone is 1. The van der Waals surface area contributed by atoms with Crippen LogP contribution in [0.2, 0.25) is 0 Å². The minimum absolute atomic E-state index is 0.269. The van der Waals surface area contributed by atoms with Gasteiger partial charge in [0.2, 0.25) is 0 Å². The summed E-state index contributed by atoms with van der Waals surface area (Å²) < 4.78 is 4.59. The van der Waals surface area contributed by atoms with Gasteiger partial charge in [-0.1, -0.05) is 0 Å². The molecule has 0 bridgehead atoms. The summed E-state index contributed by atoms with van der Waals surface area (Å²) in [7, 11) is 1.39. The highest BCUT2D eigenvalue weighted by Crippen LogP contribution is 2.21. The van der Waals surface area contributed by atoms with E-state index in [4.69, 9.17) is 0 Å². The van der Waals surface area contributed by atoms with E-state index in [1.165, 1.54) is 7.11 Å². The molecule has 0 saturated carbocycles. The molecule has 0 unspecified atom stereocenters. The fourth-order valence-corrected chi connectivity index (χ4v) is 1.70. The number of carbonyl (C=O) groups is 1. The third kappa shape index (κ3) is 1.89. The first kappa shape index (κ1) is 8.46. The molecule has 0 aliphatic carbocycles. The lowest BCUT2D eigenvalue weighted by Gasteiger charge is -2.16. The quantitative estimate of drug-likeness (QED) is 0.593. The summed E-state index contributed by atoms with van der Waals surface area (Å²) in [5, 5.41) is 3.00. The van der Waals surface area contributed by atoms with Crippen molar-refractivity contribution >= 4 is 17.7 Å². The van der Waals surface area contributed by atoms with E-state index in [1.54, 1.807) is 11.8 Å². The average molecular weight is 173 g/mol. The minimum Gasteiger partial charge on any atom is -0.464 e. The van der Waals surface area contributed by atoms with Gasteiger partial charge in [-0.15, -0.1) is 11.8 Å². The van der Waals surface area contributed by atoms with Crippen molar-refractivity contribution in [1.29, 1.82) is 0 Å². The van der Waals surface area contributed by atoms with E-state index in [1.807, 2.05) is 6.92 Å². The second kappa shape index (κ2) is 3.67. The number of hydrogen-bond donors (Lipinski definition) is 1. The van der Waals surface area contributed by atoms with E-state index in [0.717, 1.165) is 17.2 Å². The van der Waals surface area contributed by atoms with Crippen LogP contribution in [0, 0.1) is 0 Å². The zero-order valence-corrected chi connectivity index (χ0v) is 7.46. The largest absolute Gasteiger partial charge is 0.464 e. The second-order valence-corrected chi connectivity index (χ2v) is 3.51. The highest BCUT2D eigenvalue weighted by Gasteiger charge is 2.16. The Morgan fingerprint density at radius 1 is 1.73 bits per heavy atom. The Morgan fingerprint density at radius 2 is 2.45 bits per heavy atom. The molecule has 1 heterocycles. The fraction of sp³-hybridized carbons (Fsp3) is 0.571. The lowest BCUT2D eigenvalue weighted by atomic mass is 10.4. The molecule has 0 atom stereocenters. The summed E-state index contributed by atoms with van der Waals surface area (Å²) in [5.41, 5.74) is 0.615. The molecule has 0 fully saturated rings. The molecule has 0 amide bonds. The molecule has 0 saturated heterocycles. The molecule has 1 aliphatic rings. The van der Waals surface area contributed by atoms with Crippen LogP contribution >= 0.6 is 11.8 Å². The maximum absolute atomic E-state index is 11.0. The molecule has 0 spiro atoms. The molecule has 0 aromatic carbocycles. The third-order valence-electron chi connectivity index (χ3n) is 1.46. The Kier molecular flexibility index (Phi) is 2.82. The number of ether oxygens (including phenoxy) is 1. The van der Waals surface area contributed by atoms with Crippen LogP contribution in [0.5, 0.6) is 0 Å². The van der Waals surface area contributed by atoms with Crippen LogP contribution < -0.4 is 5.32 Å². The van der Waals surface area contributed by atoms with Crippen molar-refractivity contribution in [2.45, 2.75) is 6.92 Å². The van der Waals surface area contributed by atoms with Crippen molar-refractivity contribution in [3.05, 3.63) is 10.6 Å². The predicted octanol–water partition coefficient (Wildman–Crippen LogP) is 0.727. The lowest BCUT2D eigenvalue weighted by Crippen LogP contribution is -2.27. The summed E-state index contributed by atoms with van der Waals surface area (Å²) in [6, 6.07) is 0. The fourth-order valence-electron chi connectivity index (χ4n) is 0.895. The van der Waals surface area contributed by atoms with Gasteiger partial charge in [0.15, 0.2) is 0 Å². The van der Waals surface area contributed by atoms with E-state index in [2.05, 4.69) is 10.1 Å². The first-order chi connectivity index (χ1) is 5.25. The summed E-state index contributed by atoms with van der Waals surface area (Å²) in [4.78, 5) is 12.0. The maximum atomic E-state index is 11.0. The minimum atomic E-state index is -0.269. The van der Waals surface area contributed by atoms with Crippen molar-refractivity contribution < 1.29 is 9.53 Å². The molecule has 0 aromatic heterocycles. The van der Waals surface area contributed by atoms with Crippen molar-refractivity contribution in [3.63, 3.8) is 0 Å². The van der Waals surface area contributed by atoms with Crippen LogP contribution in [0.3, 0.4) is 0 Å². The Labute approximate surface area is 70.2 Å². The van der Waals surface area contributed by atoms with E-state index >= 15 is 0 Å². The van der Waals surface area contributed by atoms with Crippen LogP contribution in [0.15, 0.2) is 10.6 Å². The van der Waals surface area contributed by atoms with Crippen LogP contribution in [0.4, 0.5) is 0 Å². The van der Waals surface area contributed by atoms with Crippen LogP contribution in [0.25, 0.3) is 0 Å². The first-order valence-electron chi connectivity index (χ1n) is 3.41. The molecule has 11 heavy (non-hydrogen) atoms. The van der Waals surface area contributed by atoms with Crippen molar-refractivity contribution in [2.75, 3.05) is 19.4 Å². The topological polar surface area (TPSA) is 38.3 Å². The zero-order valence-electron chi connectivity index (χ0n) is 6.64. The average Bonchev–Trinajstić information content (AvgIpc) is 2.04. The molecular formula is C7H11NO2S. The monoisotopic (exact) mass is 173 g/mol. The highest BCUT2D eigenvalue weighted by molar-refractivity contribution is 8.03. The van der Waals surface area contributed by atoms with Crippen molar-refractivity contribution in [3.8, 4) is 0 Å². The number of nitrogens with one attached hydrogen (secondary N) is 1. The molecule has 1 aliphatic heterocycles. The SMILES string of the molecule is COC(=O)C1=C(C)SCCN1. The molecule has 0 aromatic rings. The standard InChI is InChI=1S/C7H11NO2S/c1-5-6(7(9)10-2)8-3-4-11-5/h8H,3-4H2,1-2H3. The van der Waals surface area contributed by atoms with Gasteiger partial charge in [0.05, 0.1) is 7.11 Å². The van der Waals surface area contributed by atoms with Gasteiger partial charge in [-0.05, 0) is 6.92 Å². The number of rotatable bonds is 1. The van der Waals surface area contributed by atoms with Gasteiger partial charge >= 0.3 is 5.97 Å². The van der Waals surface area contributed by atoms with Crippen molar-refractivity contribution in [2.24, 2.45) is 0 Å². The zero-order chi connectivity index (χ0) is 8.27. The third-order valence-corrected chi connectivity index (χ3v) is 2.51. The number of esters is 1.